The molecular weight excluding hydrogens is 263 g/mol. The largest absolute Gasteiger partial charge is 0.310 e. The molecule has 0 bridgehead atoms. The van der Waals surface area contributed by atoms with Gasteiger partial charge in [0, 0.05) is 23.7 Å². The minimum atomic E-state index is -0.884. The Morgan fingerprint density at radius 3 is 2.35 bits per heavy atom. The van der Waals surface area contributed by atoms with Gasteiger partial charge in [-0.15, -0.1) is 6.58 Å². The first-order valence-electron chi connectivity index (χ1n) is 7.08. The highest BCUT2D eigenvalue weighted by atomic mass is 19.1. The molecule has 0 aliphatic carbocycles. The molecule has 0 spiro atoms. The molecule has 20 heavy (non-hydrogen) atoms. The Kier molecular flexibility index (Phi) is 7.37. The quantitative estimate of drug-likeness (QED) is 0.503. The second-order valence-corrected chi connectivity index (χ2v) is 4.82. The Balaban J connectivity index is 2.72. The Morgan fingerprint density at radius 1 is 1.15 bits per heavy atom. The van der Waals surface area contributed by atoms with Gasteiger partial charge in [0.15, 0.2) is 0 Å². The van der Waals surface area contributed by atoms with Crippen LogP contribution in [-0.2, 0) is 0 Å². The fraction of sp³-hybridized carbons (Fsp3) is 0.500. The monoisotopic (exact) mass is 285 g/mol. The zero-order valence-corrected chi connectivity index (χ0v) is 11.9. The van der Waals surface area contributed by atoms with E-state index in [-0.39, 0.29) is 5.56 Å². The maximum absolute atomic E-state index is 13.8. The summed E-state index contributed by atoms with van der Waals surface area (Å²) in [6.45, 7) is 6.14. The van der Waals surface area contributed by atoms with Crippen molar-refractivity contribution in [3.05, 3.63) is 47.8 Å². The maximum Gasteiger partial charge on any atom is 0.133 e. The van der Waals surface area contributed by atoms with Crippen LogP contribution in [0.5, 0.6) is 0 Å². The van der Waals surface area contributed by atoms with Crippen LogP contribution in [-0.4, -0.2) is 6.54 Å². The molecular formula is C16H22F3N. The lowest BCUT2D eigenvalue weighted by Gasteiger charge is -2.19. The van der Waals surface area contributed by atoms with Gasteiger partial charge in [-0.1, -0.05) is 25.8 Å². The van der Waals surface area contributed by atoms with E-state index in [9.17, 15) is 13.2 Å². The fourth-order valence-electron chi connectivity index (χ4n) is 2.30. The third kappa shape index (κ3) is 5.00. The van der Waals surface area contributed by atoms with Gasteiger partial charge in [0.25, 0.3) is 0 Å². The number of allylic oxidation sites excluding steroid dienone is 1. The zero-order valence-electron chi connectivity index (χ0n) is 11.9. The molecule has 0 fully saturated rings. The molecule has 1 aromatic carbocycles. The minimum Gasteiger partial charge on any atom is -0.310 e. The molecule has 1 nitrogen and oxygen atoms in total. The van der Waals surface area contributed by atoms with E-state index in [0.29, 0.717) is 13.0 Å². The molecule has 112 valence electrons. The third-order valence-corrected chi connectivity index (χ3v) is 3.24. The highest BCUT2D eigenvalue weighted by Crippen LogP contribution is 2.26. The Labute approximate surface area is 118 Å². The molecule has 0 aliphatic heterocycles. The molecule has 0 saturated carbocycles. The van der Waals surface area contributed by atoms with Crippen molar-refractivity contribution in [2.75, 3.05) is 6.54 Å². The second-order valence-electron chi connectivity index (χ2n) is 4.82. The summed E-state index contributed by atoms with van der Waals surface area (Å²) in [7, 11) is 0. The van der Waals surface area contributed by atoms with Gasteiger partial charge >= 0.3 is 0 Å². The lowest BCUT2D eigenvalue weighted by atomic mass is 9.98. The standard InChI is InChI=1S/C16H22F3N/c1-3-5-6-7-8-9-15(20-4-2)16-13(18)10-12(17)11-14(16)19/h3,10-11,15,20H,1,4-9H2,2H3. The molecule has 1 unspecified atom stereocenters. The van der Waals surface area contributed by atoms with Crippen LogP contribution in [0.1, 0.15) is 50.6 Å². The van der Waals surface area contributed by atoms with Gasteiger partial charge in [0.2, 0.25) is 0 Å². The van der Waals surface area contributed by atoms with E-state index < -0.39 is 23.5 Å². The van der Waals surface area contributed by atoms with Crippen LogP contribution in [0.4, 0.5) is 13.2 Å². The zero-order chi connectivity index (χ0) is 15.0. The average molecular weight is 285 g/mol. The first-order valence-corrected chi connectivity index (χ1v) is 7.08. The molecule has 1 atom stereocenters. The van der Waals surface area contributed by atoms with Crippen molar-refractivity contribution in [1.29, 1.82) is 0 Å². The molecule has 0 radical (unpaired) electrons. The number of hydrogen-bond donors (Lipinski definition) is 1. The van der Waals surface area contributed by atoms with Gasteiger partial charge in [-0.3, -0.25) is 0 Å². The van der Waals surface area contributed by atoms with Crippen molar-refractivity contribution in [2.45, 2.75) is 45.1 Å². The number of hydrogen-bond acceptors (Lipinski definition) is 1. The highest BCUT2D eigenvalue weighted by molar-refractivity contribution is 5.24. The first kappa shape index (κ1) is 16.8. The number of halogens is 3. The summed E-state index contributed by atoms with van der Waals surface area (Å²) in [6.07, 6.45) is 6.31. The predicted molar refractivity (Wildman–Crippen MR) is 76.0 cm³/mol. The number of rotatable bonds is 9. The van der Waals surface area contributed by atoms with Crippen LogP contribution in [0.15, 0.2) is 24.8 Å². The minimum absolute atomic E-state index is 0.0584. The van der Waals surface area contributed by atoms with Gasteiger partial charge in [-0.25, -0.2) is 13.2 Å². The van der Waals surface area contributed by atoms with E-state index in [0.717, 1.165) is 37.8 Å². The second kappa shape index (κ2) is 8.80. The van der Waals surface area contributed by atoms with Crippen LogP contribution in [0, 0.1) is 17.5 Å². The highest BCUT2D eigenvalue weighted by Gasteiger charge is 2.20. The van der Waals surface area contributed by atoms with Crippen molar-refractivity contribution >= 4 is 0 Å². The third-order valence-electron chi connectivity index (χ3n) is 3.24. The van der Waals surface area contributed by atoms with Gasteiger partial charge < -0.3 is 5.32 Å². The molecule has 1 rings (SSSR count). The normalized spacial score (nSPS) is 12.4. The average Bonchev–Trinajstić information content (AvgIpc) is 2.37. The lowest BCUT2D eigenvalue weighted by molar-refractivity contribution is 0.432. The molecule has 0 aromatic heterocycles. The van der Waals surface area contributed by atoms with Crippen molar-refractivity contribution in [1.82, 2.24) is 5.32 Å². The molecule has 0 saturated heterocycles. The van der Waals surface area contributed by atoms with Crippen molar-refractivity contribution in [2.24, 2.45) is 0 Å². The van der Waals surface area contributed by atoms with Gasteiger partial charge in [0.05, 0.1) is 0 Å². The van der Waals surface area contributed by atoms with Gasteiger partial charge in [-0.05, 0) is 25.8 Å². The topological polar surface area (TPSA) is 12.0 Å². The van der Waals surface area contributed by atoms with Crippen LogP contribution in [0.2, 0.25) is 0 Å². The number of unbranched alkanes of at least 4 members (excludes halogenated alkanes) is 3. The van der Waals surface area contributed by atoms with E-state index in [4.69, 9.17) is 0 Å². The van der Waals surface area contributed by atoms with E-state index in [1.807, 2.05) is 13.0 Å². The Bertz CT molecular complexity index is 409. The van der Waals surface area contributed by atoms with E-state index >= 15 is 0 Å². The van der Waals surface area contributed by atoms with Crippen LogP contribution in [0.3, 0.4) is 0 Å². The SMILES string of the molecule is C=CCCCCCC(NCC)c1c(F)cc(F)cc1F. The van der Waals surface area contributed by atoms with Crippen LogP contribution >= 0.6 is 0 Å². The summed E-state index contributed by atoms with van der Waals surface area (Å²) < 4.78 is 40.5. The first-order chi connectivity index (χ1) is 9.60. The summed E-state index contributed by atoms with van der Waals surface area (Å²) in [5.74, 6) is -2.52. The summed E-state index contributed by atoms with van der Waals surface area (Å²) in [4.78, 5) is 0. The maximum atomic E-state index is 13.8. The molecule has 0 heterocycles. The number of benzene rings is 1. The van der Waals surface area contributed by atoms with Crippen molar-refractivity contribution in [3.8, 4) is 0 Å². The van der Waals surface area contributed by atoms with Gasteiger partial charge in [-0.2, -0.15) is 0 Å². The van der Waals surface area contributed by atoms with E-state index in [1.165, 1.54) is 0 Å². The molecule has 1 aromatic rings. The smallest absolute Gasteiger partial charge is 0.133 e. The van der Waals surface area contributed by atoms with E-state index in [1.54, 1.807) is 0 Å². The van der Waals surface area contributed by atoms with Gasteiger partial charge in [0.1, 0.15) is 17.5 Å². The predicted octanol–water partition coefficient (Wildman–Crippen LogP) is 4.89. The summed E-state index contributed by atoms with van der Waals surface area (Å²) in [5, 5.41) is 3.07. The molecule has 1 N–H and O–H groups in total. The molecule has 4 heteroatoms. The summed E-state index contributed by atoms with van der Waals surface area (Å²) >= 11 is 0. The fourth-order valence-corrected chi connectivity index (χ4v) is 2.30. The lowest BCUT2D eigenvalue weighted by Crippen LogP contribution is -2.23. The summed E-state index contributed by atoms with van der Waals surface area (Å²) in [5.41, 5.74) is -0.0584. The van der Waals surface area contributed by atoms with Crippen molar-refractivity contribution < 1.29 is 13.2 Å². The molecule has 0 aliphatic rings. The van der Waals surface area contributed by atoms with E-state index in [2.05, 4.69) is 11.9 Å². The number of nitrogens with one attached hydrogen (secondary N) is 1. The Hall–Kier alpha value is -1.29. The van der Waals surface area contributed by atoms with Crippen molar-refractivity contribution in [3.63, 3.8) is 0 Å². The molecule has 0 amide bonds. The Morgan fingerprint density at radius 2 is 1.80 bits per heavy atom. The summed E-state index contributed by atoms with van der Waals surface area (Å²) in [6, 6.07) is 1.06. The van der Waals surface area contributed by atoms with Crippen LogP contribution < -0.4 is 5.32 Å². The van der Waals surface area contributed by atoms with Crippen LogP contribution in [0.25, 0.3) is 0 Å².